The molecule has 66 heavy (non-hydrogen) atoms. The second-order valence-electron chi connectivity index (χ2n) is 17.5. The molecule has 0 fully saturated rings. The van der Waals surface area contributed by atoms with Crippen LogP contribution < -0.4 is 26.4 Å². The molecule has 3 rings (SSSR count). The fourth-order valence-corrected chi connectivity index (χ4v) is 7.85. The molecule has 0 aromatic heterocycles. The Morgan fingerprint density at radius 2 is 1.23 bits per heavy atom. The highest BCUT2D eigenvalue weighted by molar-refractivity contribution is 5.97. The Kier molecular flexibility index (Phi) is 22.8. The Balaban J connectivity index is 1.76. The van der Waals surface area contributed by atoms with Gasteiger partial charge in [-0.05, 0) is 66.5 Å². The third-order valence-corrected chi connectivity index (χ3v) is 12.9. The largest absolute Gasteiger partial charge is 0.426 e. The molecule has 0 radical (unpaired) electrons. The summed E-state index contributed by atoms with van der Waals surface area (Å²) in [5.74, 6) is -7.95. The van der Waals surface area contributed by atoms with Gasteiger partial charge in [0.15, 0.2) is 23.6 Å². The highest BCUT2D eigenvalue weighted by Crippen LogP contribution is 2.28. The Labute approximate surface area is 389 Å². The van der Waals surface area contributed by atoms with Crippen molar-refractivity contribution in [1.29, 1.82) is 0 Å². The van der Waals surface area contributed by atoms with E-state index >= 15 is 0 Å². The van der Waals surface area contributed by atoms with E-state index in [2.05, 4.69) is 16.0 Å². The predicted molar refractivity (Wildman–Crippen MR) is 253 cm³/mol. The Hall–Kier alpha value is -5.86. The van der Waals surface area contributed by atoms with Crippen molar-refractivity contribution in [3.63, 3.8) is 0 Å². The number of esters is 1. The summed E-state index contributed by atoms with van der Waals surface area (Å²) in [4.78, 5) is 107. The van der Waals surface area contributed by atoms with Crippen LogP contribution in [0.4, 0.5) is 0 Å². The number of carbonyl (C=O) groups excluding carboxylic acids is 8. The second-order valence-corrected chi connectivity index (χ2v) is 17.5. The van der Waals surface area contributed by atoms with Crippen molar-refractivity contribution < 1.29 is 48.2 Å². The van der Waals surface area contributed by atoms with Gasteiger partial charge in [0.1, 0.15) is 11.8 Å². The summed E-state index contributed by atoms with van der Waals surface area (Å²) in [6.07, 6.45) is 1.13. The van der Waals surface area contributed by atoms with Gasteiger partial charge in [-0.2, -0.15) is 0 Å². The van der Waals surface area contributed by atoms with Crippen molar-refractivity contribution in [2.24, 2.45) is 41.2 Å². The number of ketones is 3. The number of ether oxygens (including phenoxy) is 1. The van der Waals surface area contributed by atoms with E-state index in [1.54, 1.807) is 33.0 Å². The van der Waals surface area contributed by atoms with Gasteiger partial charge in [-0.25, -0.2) is 0 Å². The number of aliphatic hydroxyl groups excluding tert-OH is 1. The van der Waals surface area contributed by atoms with Gasteiger partial charge in [0, 0.05) is 37.5 Å². The molecule has 0 heterocycles. The van der Waals surface area contributed by atoms with Crippen LogP contribution in [0.15, 0.2) is 78.9 Å². The van der Waals surface area contributed by atoms with Crippen LogP contribution in [0.2, 0.25) is 0 Å². The van der Waals surface area contributed by atoms with Gasteiger partial charge in [-0.3, -0.25) is 38.4 Å². The minimum Gasteiger partial charge on any atom is -0.426 e. The molecule has 9 atom stereocenters. The number of aliphatic hydroxyl groups is 1. The monoisotopic (exact) mass is 911 g/mol. The summed E-state index contributed by atoms with van der Waals surface area (Å²) in [7, 11) is 1.68. The van der Waals surface area contributed by atoms with E-state index < -0.39 is 90.1 Å². The van der Waals surface area contributed by atoms with E-state index in [0.29, 0.717) is 32.0 Å². The lowest BCUT2D eigenvalue weighted by atomic mass is 9.83. The topological polar surface area (TPSA) is 228 Å². The van der Waals surface area contributed by atoms with Gasteiger partial charge < -0.3 is 31.5 Å². The first-order valence-electron chi connectivity index (χ1n) is 23.2. The van der Waals surface area contributed by atoms with Crippen LogP contribution in [0.25, 0.3) is 11.1 Å². The first-order chi connectivity index (χ1) is 31.5. The predicted octanol–water partition coefficient (Wildman–Crippen LogP) is 5.99. The van der Waals surface area contributed by atoms with E-state index in [1.165, 1.54) is 12.1 Å². The van der Waals surface area contributed by atoms with Gasteiger partial charge in [0.25, 0.3) is 0 Å². The highest BCUT2D eigenvalue weighted by Gasteiger charge is 2.37. The van der Waals surface area contributed by atoms with Gasteiger partial charge in [-0.15, -0.1) is 0 Å². The van der Waals surface area contributed by atoms with Gasteiger partial charge in [-0.1, -0.05) is 128 Å². The molecule has 0 aliphatic heterocycles. The Bertz CT molecular complexity index is 2090. The van der Waals surface area contributed by atoms with Gasteiger partial charge in [0.2, 0.25) is 17.7 Å². The number of hydrogen-bond donors (Lipinski definition) is 5. The maximum absolute atomic E-state index is 14.1. The first-order valence-corrected chi connectivity index (χ1v) is 23.2. The quantitative estimate of drug-likeness (QED) is 0.0296. The van der Waals surface area contributed by atoms with Crippen molar-refractivity contribution in [1.82, 2.24) is 16.0 Å². The molecule has 3 aromatic carbocycles. The first kappa shape index (κ1) is 54.5. The molecular weight excluding hydrogens is 841 g/mol. The van der Waals surface area contributed by atoms with Gasteiger partial charge >= 0.3 is 5.97 Å². The number of carbonyl (C=O) groups is 8. The van der Waals surface area contributed by atoms with E-state index in [4.69, 9.17) is 10.5 Å². The number of primary amides is 1. The van der Waals surface area contributed by atoms with Crippen molar-refractivity contribution in [2.45, 2.75) is 117 Å². The van der Waals surface area contributed by atoms with Crippen LogP contribution in [-0.2, 0) is 40.0 Å². The lowest BCUT2D eigenvalue weighted by Gasteiger charge is -2.29. The Morgan fingerprint density at radius 1 is 0.667 bits per heavy atom. The summed E-state index contributed by atoms with van der Waals surface area (Å²) >= 11 is 0. The molecule has 6 N–H and O–H groups in total. The van der Waals surface area contributed by atoms with E-state index in [-0.39, 0.29) is 54.6 Å². The highest BCUT2D eigenvalue weighted by atomic mass is 16.5. The van der Waals surface area contributed by atoms with Crippen LogP contribution >= 0.6 is 0 Å². The lowest BCUT2D eigenvalue weighted by Crippen LogP contribution is -2.51. The molecule has 0 bridgehead atoms. The summed E-state index contributed by atoms with van der Waals surface area (Å²) in [6, 6.07) is 21.0. The number of rotatable bonds is 30. The Morgan fingerprint density at radius 3 is 1.80 bits per heavy atom. The van der Waals surface area contributed by atoms with Crippen LogP contribution in [-0.4, -0.2) is 84.2 Å². The maximum atomic E-state index is 14.1. The summed E-state index contributed by atoms with van der Waals surface area (Å²) in [5, 5.41) is 18.9. The van der Waals surface area contributed by atoms with Gasteiger partial charge in [0.05, 0.1) is 30.2 Å². The number of benzene rings is 3. The third-order valence-electron chi connectivity index (χ3n) is 12.9. The summed E-state index contributed by atoms with van der Waals surface area (Å²) < 4.78 is 5.61. The molecule has 14 nitrogen and oxygen atoms in total. The standard InChI is InChI=1S/C52H70N4O10/c1-8-32(4)40(28-45(60)42(54-7)26-35-20-22-37(23-21-35)36-16-12-11-13-17-36)51(64)55-43(31-58)44(59)27-38(24-25-48(53)62)50(63)56-49(34(6)10-3)46(61)29-41(33(5)9-2)52(65)66-47-19-15-14-18-39(47)30-57/h11-23,30,32-34,38,40-43,49,54,58H,8-10,24-29,31H2,1-7H3,(H2,53,62)(H,55,64)(H,56,63)/t32-,33-,34-,38-,40-,41-,42+,43-,49+/m0/s1. The van der Waals surface area contributed by atoms with Crippen molar-refractivity contribution in [2.75, 3.05) is 13.7 Å². The molecule has 3 aromatic rings. The van der Waals surface area contributed by atoms with Crippen molar-refractivity contribution in [3.8, 4) is 16.9 Å². The van der Waals surface area contributed by atoms with E-state index in [1.807, 2.05) is 82.3 Å². The van der Waals surface area contributed by atoms with Crippen LogP contribution in [0.1, 0.15) is 109 Å². The number of Topliss-reactive ketones (excluding diaryl/α,β-unsaturated/α-hetero) is 3. The SMILES string of the molecule is CC[C@H](C)[C@H](CC(=O)[C@@H](Cc1ccc(-c2ccccc2)cc1)NC)C(=O)N[C@@H](CO)C(=O)C[C@H](CCC(N)=O)C(=O)N[C@@H](C(=O)C[C@H](C(=O)Oc1ccccc1C=O)[C@@H](C)CC)[C@@H](C)CC. The van der Waals surface area contributed by atoms with Crippen LogP contribution in [0.3, 0.4) is 0 Å². The maximum Gasteiger partial charge on any atom is 0.315 e. The minimum atomic E-state index is -1.44. The molecule has 358 valence electrons. The van der Waals surface area contributed by atoms with E-state index in [0.717, 1.165) is 16.7 Å². The summed E-state index contributed by atoms with van der Waals surface area (Å²) in [5.41, 5.74) is 8.67. The number of likely N-dealkylation sites (N-methyl/N-ethyl adjacent to an activating group) is 1. The van der Waals surface area contributed by atoms with Crippen LogP contribution in [0, 0.1) is 35.5 Å². The minimum absolute atomic E-state index is 0.0626. The smallest absolute Gasteiger partial charge is 0.315 e. The van der Waals surface area contributed by atoms with Crippen LogP contribution in [0.5, 0.6) is 5.75 Å². The molecule has 0 spiro atoms. The average molecular weight is 911 g/mol. The molecule has 0 aliphatic carbocycles. The fraction of sp³-hybridized carbons (Fsp3) is 0.500. The molecule has 0 aliphatic rings. The molecule has 14 heteroatoms. The molecule has 0 saturated heterocycles. The average Bonchev–Trinajstić information content (AvgIpc) is 3.33. The normalized spacial score (nSPS) is 15.3. The van der Waals surface area contributed by atoms with Crippen molar-refractivity contribution in [3.05, 3.63) is 90.0 Å². The third kappa shape index (κ3) is 16.2. The number of nitrogens with two attached hydrogens (primary N) is 1. The molecule has 0 unspecified atom stereocenters. The van der Waals surface area contributed by atoms with Crippen molar-refractivity contribution >= 4 is 47.3 Å². The zero-order chi connectivity index (χ0) is 48.9. The zero-order valence-electron chi connectivity index (χ0n) is 39.5. The van der Waals surface area contributed by atoms with E-state index in [9.17, 15) is 43.5 Å². The molecule has 3 amide bonds. The lowest BCUT2D eigenvalue weighted by molar-refractivity contribution is -0.144. The number of amides is 3. The summed E-state index contributed by atoms with van der Waals surface area (Å²) in [6.45, 7) is 10.2. The number of nitrogens with one attached hydrogen (secondary N) is 3. The zero-order valence-corrected chi connectivity index (χ0v) is 39.5. The molecule has 0 saturated carbocycles. The number of para-hydroxylation sites is 1. The number of aldehydes is 1. The second kappa shape index (κ2) is 27.6. The fourth-order valence-electron chi connectivity index (χ4n) is 7.85. The number of hydrogen-bond acceptors (Lipinski definition) is 11. The molecular formula is C52H70N4O10.